The first-order valence-corrected chi connectivity index (χ1v) is 8.17. The summed E-state index contributed by atoms with van der Waals surface area (Å²) in [6.45, 7) is 6.37. The van der Waals surface area contributed by atoms with Crippen LogP contribution in [0.2, 0.25) is 0 Å². The maximum Gasteiger partial charge on any atom is 0.148 e. The normalized spacial score (nSPS) is 12.7. The van der Waals surface area contributed by atoms with Crippen LogP contribution in [-0.4, -0.2) is 26.6 Å². The number of carbonyl (C=O) groups is 1. The monoisotopic (exact) mass is 332 g/mol. The Morgan fingerprint density at radius 3 is 2.67 bits per heavy atom. The van der Waals surface area contributed by atoms with Gasteiger partial charge in [-0.3, -0.25) is 9.48 Å². The van der Waals surface area contributed by atoms with Crippen molar-refractivity contribution in [3.63, 3.8) is 0 Å². The fraction of sp³-hybridized carbons (Fsp3) is 0.692. The van der Waals surface area contributed by atoms with Crippen LogP contribution < -0.4 is 0 Å². The van der Waals surface area contributed by atoms with E-state index >= 15 is 0 Å². The molecule has 1 aromatic heterocycles. The van der Waals surface area contributed by atoms with Crippen LogP contribution in [0.15, 0.2) is 4.47 Å². The van der Waals surface area contributed by atoms with Crippen molar-refractivity contribution in [3.05, 3.63) is 15.9 Å². The first-order valence-electron chi connectivity index (χ1n) is 6.33. The zero-order valence-corrected chi connectivity index (χ0v) is 13.9. The molecule has 0 radical (unpaired) electrons. The van der Waals surface area contributed by atoms with E-state index in [2.05, 4.69) is 41.8 Å². The molecule has 5 heteroatoms. The van der Waals surface area contributed by atoms with E-state index in [1.54, 1.807) is 11.8 Å². The highest BCUT2D eigenvalue weighted by Gasteiger charge is 2.16. The lowest BCUT2D eigenvalue weighted by Crippen LogP contribution is -2.11. The Morgan fingerprint density at radius 1 is 1.50 bits per heavy atom. The molecule has 1 heterocycles. The predicted octanol–water partition coefficient (Wildman–Crippen LogP) is 3.39. The zero-order valence-electron chi connectivity index (χ0n) is 11.5. The molecular formula is C13H21BrN2OS. The molecule has 0 aliphatic carbocycles. The Bertz CT molecular complexity index is 417. The molecule has 1 aromatic rings. The molecule has 0 saturated carbocycles. The largest absolute Gasteiger partial charge is 0.298 e. The van der Waals surface area contributed by atoms with Gasteiger partial charge in [-0.1, -0.05) is 20.8 Å². The standard InChI is InChI=1S/C13H21BrN2OS/c1-5-9(3)18-8-10(17)7-12-13(14)11(6-2)15-16(12)4/h9H,5-8H2,1-4H3. The number of Topliss-reactive ketones (excluding diaryl/α,β-unsaturated/α-hetero) is 1. The summed E-state index contributed by atoms with van der Waals surface area (Å²) < 4.78 is 2.81. The lowest BCUT2D eigenvalue weighted by Gasteiger charge is -2.07. The predicted molar refractivity (Wildman–Crippen MR) is 81.2 cm³/mol. The van der Waals surface area contributed by atoms with E-state index in [9.17, 15) is 4.79 Å². The van der Waals surface area contributed by atoms with Gasteiger partial charge in [-0.15, -0.1) is 0 Å². The number of hydrogen-bond donors (Lipinski definition) is 0. The molecule has 0 N–H and O–H groups in total. The summed E-state index contributed by atoms with van der Waals surface area (Å²) in [5.74, 6) is 0.861. The molecule has 0 aliphatic heterocycles. The van der Waals surface area contributed by atoms with Crippen LogP contribution in [0.3, 0.4) is 0 Å². The molecular weight excluding hydrogens is 312 g/mol. The van der Waals surface area contributed by atoms with Gasteiger partial charge in [0.1, 0.15) is 5.78 Å². The maximum absolute atomic E-state index is 12.0. The molecule has 1 atom stereocenters. The molecule has 0 saturated heterocycles. The van der Waals surface area contributed by atoms with Crippen LogP contribution in [0.1, 0.15) is 38.6 Å². The van der Waals surface area contributed by atoms with Crippen molar-refractivity contribution >= 4 is 33.5 Å². The number of ketones is 1. The van der Waals surface area contributed by atoms with E-state index < -0.39 is 0 Å². The summed E-state index contributed by atoms with van der Waals surface area (Å²) in [5, 5.41) is 4.95. The minimum atomic E-state index is 0.270. The topological polar surface area (TPSA) is 34.9 Å². The third-order valence-electron chi connectivity index (χ3n) is 2.97. The highest BCUT2D eigenvalue weighted by Crippen LogP contribution is 2.23. The Morgan fingerprint density at radius 2 is 2.17 bits per heavy atom. The molecule has 102 valence electrons. The van der Waals surface area contributed by atoms with Crippen molar-refractivity contribution in [2.75, 3.05) is 5.75 Å². The second kappa shape index (κ2) is 7.34. The van der Waals surface area contributed by atoms with Crippen molar-refractivity contribution in [3.8, 4) is 0 Å². The summed E-state index contributed by atoms with van der Waals surface area (Å²) in [5.41, 5.74) is 2.01. The zero-order chi connectivity index (χ0) is 13.7. The van der Waals surface area contributed by atoms with Gasteiger partial charge >= 0.3 is 0 Å². The van der Waals surface area contributed by atoms with Crippen LogP contribution in [0, 0.1) is 0 Å². The summed E-state index contributed by atoms with van der Waals surface area (Å²) >= 11 is 5.28. The number of carbonyl (C=O) groups excluding carboxylic acids is 1. The fourth-order valence-corrected chi connectivity index (χ4v) is 3.17. The van der Waals surface area contributed by atoms with E-state index in [4.69, 9.17) is 0 Å². The Hall–Kier alpha value is -0.290. The van der Waals surface area contributed by atoms with Gasteiger partial charge in [0.2, 0.25) is 0 Å². The third-order valence-corrected chi connectivity index (χ3v) is 5.28. The minimum absolute atomic E-state index is 0.270. The molecule has 18 heavy (non-hydrogen) atoms. The van der Waals surface area contributed by atoms with Gasteiger partial charge in [0.25, 0.3) is 0 Å². The summed E-state index contributed by atoms with van der Waals surface area (Å²) in [6, 6.07) is 0. The van der Waals surface area contributed by atoms with Gasteiger partial charge in [-0.25, -0.2) is 0 Å². The number of rotatable bonds is 7. The smallest absolute Gasteiger partial charge is 0.148 e. The van der Waals surface area contributed by atoms with Crippen molar-refractivity contribution < 1.29 is 4.79 Å². The molecule has 0 bridgehead atoms. The third kappa shape index (κ3) is 4.12. The lowest BCUT2D eigenvalue weighted by molar-refractivity contribution is -0.116. The number of aromatic nitrogens is 2. The average molecular weight is 333 g/mol. The van der Waals surface area contributed by atoms with Gasteiger partial charge in [-0.2, -0.15) is 16.9 Å². The molecule has 0 amide bonds. The van der Waals surface area contributed by atoms with Crippen LogP contribution in [0.5, 0.6) is 0 Å². The number of thioether (sulfide) groups is 1. The maximum atomic E-state index is 12.0. The van der Waals surface area contributed by atoms with Crippen LogP contribution in [-0.2, 0) is 24.7 Å². The molecule has 0 aliphatic rings. The number of halogens is 1. The number of aryl methyl sites for hydroxylation is 2. The van der Waals surface area contributed by atoms with Crippen molar-refractivity contribution in [2.45, 2.75) is 45.3 Å². The van der Waals surface area contributed by atoms with E-state index in [1.807, 2.05) is 11.7 Å². The first kappa shape index (κ1) is 15.8. The van der Waals surface area contributed by atoms with Crippen molar-refractivity contribution in [2.24, 2.45) is 7.05 Å². The quantitative estimate of drug-likeness (QED) is 0.767. The van der Waals surface area contributed by atoms with Gasteiger partial charge in [0.15, 0.2) is 0 Å². The Balaban J connectivity index is 2.62. The Labute approximate surface area is 122 Å². The first-order chi connectivity index (χ1) is 8.49. The summed E-state index contributed by atoms with van der Waals surface area (Å²) in [4.78, 5) is 12.0. The highest BCUT2D eigenvalue weighted by molar-refractivity contribution is 9.10. The van der Waals surface area contributed by atoms with Crippen molar-refractivity contribution in [1.29, 1.82) is 0 Å². The van der Waals surface area contributed by atoms with E-state index in [1.165, 1.54) is 0 Å². The number of nitrogens with zero attached hydrogens (tertiary/aromatic N) is 2. The van der Waals surface area contributed by atoms with E-state index in [0.717, 1.165) is 28.7 Å². The second-order valence-corrected chi connectivity index (χ2v) is 6.65. The van der Waals surface area contributed by atoms with Gasteiger partial charge in [0, 0.05) is 12.3 Å². The van der Waals surface area contributed by atoms with Crippen LogP contribution >= 0.6 is 27.7 Å². The minimum Gasteiger partial charge on any atom is -0.298 e. The average Bonchev–Trinajstić information content (AvgIpc) is 2.63. The van der Waals surface area contributed by atoms with Gasteiger partial charge in [-0.05, 0) is 28.8 Å². The van der Waals surface area contributed by atoms with Gasteiger partial charge < -0.3 is 0 Å². The van der Waals surface area contributed by atoms with Crippen LogP contribution in [0.4, 0.5) is 0 Å². The van der Waals surface area contributed by atoms with E-state index in [0.29, 0.717) is 17.4 Å². The molecule has 3 nitrogen and oxygen atoms in total. The lowest BCUT2D eigenvalue weighted by atomic mass is 10.2. The summed E-state index contributed by atoms with van der Waals surface area (Å²) in [6.07, 6.45) is 2.45. The molecule has 0 fully saturated rings. The molecule has 0 aromatic carbocycles. The molecule has 1 rings (SSSR count). The number of hydrogen-bond acceptors (Lipinski definition) is 3. The SMILES string of the molecule is CCc1nn(C)c(CC(=O)CSC(C)CC)c1Br. The molecule has 0 spiro atoms. The fourth-order valence-electron chi connectivity index (χ4n) is 1.60. The highest BCUT2D eigenvalue weighted by atomic mass is 79.9. The van der Waals surface area contributed by atoms with E-state index in [-0.39, 0.29) is 5.78 Å². The second-order valence-electron chi connectivity index (χ2n) is 4.43. The van der Waals surface area contributed by atoms with Crippen molar-refractivity contribution in [1.82, 2.24) is 9.78 Å². The van der Waals surface area contributed by atoms with Gasteiger partial charge in [0.05, 0.1) is 28.0 Å². The summed E-state index contributed by atoms with van der Waals surface area (Å²) in [7, 11) is 1.90. The molecule has 1 unspecified atom stereocenters. The Kier molecular flexibility index (Phi) is 6.43. The van der Waals surface area contributed by atoms with Crippen LogP contribution in [0.25, 0.3) is 0 Å².